The number of morpholine rings is 1. The van der Waals surface area contributed by atoms with Crippen molar-refractivity contribution in [2.24, 2.45) is 5.10 Å². The van der Waals surface area contributed by atoms with E-state index in [-0.39, 0.29) is 18.4 Å². The Balaban J connectivity index is 1.32. The normalized spacial score (nSPS) is 14.2. The maximum atomic E-state index is 12.7. The molecular formula is C26H24N4O3. The van der Waals surface area contributed by atoms with Gasteiger partial charge >= 0.3 is 0 Å². The summed E-state index contributed by atoms with van der Waals surface area (Å²) in [6, 6.07) is 21.3. The number of amides is 2. The van der Waals surface area contributed by atoms with Crippen LogP contribution in [0.3, 0.4) is 0 Å². The average Bonchev–Trinajstić information content (AvgIpc) is 3.21. The second-order valence-corrected chi connectivity index (χ2v) is 7.98. The Morgan fingerprint density at radius 2 is 1.73 bits per heavy atom. The van der Waals surface area contributed by atoms with E-state index in [1.807, 2.05) is 76.3 Å². The summed E-state index contributed by atoms with van der Waals surface area (Å²) < 4.78 is 7.27. The minimum absolute atomic E-state index is 0.0622. The number of hydrogen-bond donors (Lipinski definition) is 1. The maximum Gasteiger partial charge on any atom is 0.271 e. The summed E-state index contributed by atoms with van der Waals surface area (Å²) in [6.45, 7) is 2.64. The van der Waals surface area contributed by atoms with E-state index in [1.165, 1.54) is 0 Å². The van der Waals surface area contributed by atoms with E-state index in [2.05, 4.69) is 10.5 Å². The molecule has 0 spiro atoms. The van der Waals surface area contributed by atoms with Gasteiger partial charge in [0.15, 0.2) is 0 Å². The molecule has 1 aliphatic heterocycles. The second kappa shape index (κ2) is 9.26. The van der Waals surface area contributed by atoms with Crippen LogP contribution in [0.2, 0.25) is 0 Å². The largest absolute Gasteiger partial charge is 0.378 e. The first kappa shape index (κ1) is 20.9. The van der Waals surface area contributed by atoms with Crippen molar-refractivity contribution in [1.82, 2.24) is 14.9 Å². The number of aromatic nitrogens is 1. The number of fused-ring (bicyclic) bond motifs is 2. The SMILES string of the molecule is O=C(N/N=C\c1cn(CC(=O)N2CCOCC2)c2ccccc12)c1ccc2ccccc2c1. The standard InChI is InChI=1S/C26H24N4O3/c31-25(29-11-13-33-14-12-29)18-30-17-22(23-7-3-4-8-24(23)30)16-27-28-26(32)21-10-9-19-5-1-2-6-20(19)15-21/h1-10,15-17H,11-14,18H2,(H,28,32)/b27-16-. The van der Waals surface area contributed by atoms with E-state index in [0.29, 0.717) is 31.9 Å². The molecule has 1 aromatic heterocycles. The first-order valence-corrected chi connectivity index (χ1v) is 10.9. The lowest BCUT2D eigenvalue weighted by atomic mass is 10.1. The molecule has 0 bridgehead atoms. The molecule has 4 aromatic rings. The van der Waals surface area contributed by atoms with Gasteiger partial charge in [-0.15, -0.1) is 0 Å². The third-order valence-electron chi connectivity index (χ3n) is 5.87. The Hall–Kier alpha value is -3.97. The highest BCUT2D eigenvalue weighted by atomic mass is 16.5. The summed E-state index contributed by atoms with van der Waals surface area (Å²) in [6.07, 6.45) is 3.52. The fourth-order valence-electron chi connectivity index (χ4n) is 4.12. The molecule has 166 valence electrons. The molecule has 7 nitrogen and oxygen atoms in total. The van der Waals surface area contributed by atoms with Crippen LogP contribution in [0.25, 0.3) is 21.7 Å². The first-order valence-electron chi connectivity index (χ1n) is 10.9. The lowest BCUT2D eigenvalue weighted by Crippen LogP contribution is -2.42. The number of carbonyl (C=O) groups excluding carboxylic acids is 2. The molecule has 2 amide bonds. The Kier molecular flexibility index (Phi) is 5.87. The predicted molar refractivity (Wildman–Crippen MR) is 128 cm³/mol. The van der Waals surface area contributed by atoms with Crippen LogP contribution < -0.4 is 5.43 Å². The van der Waals surface area contributed by atoms with Crippen molar-refractivity contribution in [1.29, 1.82) is 0 Å². The monoisotopic (exact) mass is 440 g/mol. The zero-order valence-corrected chi connectivity index (χ0v) is 18.1. The van der Waals surface area contributed by atoms with Crippen LogP contribution >= 0.6 is 0 Å². The topological polar surface area (TPSA) is 75.9 Å². The number of ether oxygens (including phenoxy) is 1. The lowest BCUT2D eigenvalue weighted by Gasteiger charge is -2.27. The minimum atomic E-state index is -0.275. The molecule has 1 saturated heterocycles. The van der Waals surface area contributed by atoms with Crippen molar-refractivity contribution in [3.05, 3.63) is 84.1 Å². The minimum Gasteiger partial charge on any atom is -0.378 e. The summed E-state index contributed by atoms with van der Waals surface area (Å²) >= 11 is 0. The van der Waals surface area contributed by atoms with E-state index in [4.69, 9.17) is 4.74 Å². The summed E-state index contributed by atoms with van der Waals surface area (Å²) in [5.74, 6) is -0.213. The summed E-state index contributed by atoms with van der Waals surface area (Å²) in [5.41, 5.74) is 4.93. The predicted octanol–water partition coefficient (Wildman–Crippen LogP) is 3.42. The molecule has 1 fully saturated rings. The quantitative estimate of drug-likeness (QED) is 0.382. The van der Waals surface area contributed by atoms with Gasteiger partial charge in [0.25, 0.3) is 5.91 Å². The van der Waals surface area contributed by atoms with Gasteiger partial charge in [0.05, 0.1) is 19.4 Å². The molecule has 5 rings (SSSR count). The van der Waals surface area contributed by atoms with Crippen molar-refractivity contribution >= 4 is 39.7 Å². The van der Waals surface area contributed by atoms with Gasteiger partial charge in [0.1, 0.15) is 6.54 Å². The van der Waals surface area contributed by atoms with E-state index in [0.717, 1.165) is 27.2 Å². The Bertz CT molecular complexity index is 1350. The molecule has 1 aliphatic rings. The number of nitrogens with one attached hydrogen (secondary N) is 1. The van der Waals surface area contributed by atoms with Crippen LogP contribution in [0, 0.1) is 0 Å². The zero-order chi connectivity index (χ0) is 22.6. The van der Waals surface area contributed by atoms with Crippen LogP contribution in [0.4, 0.5) is 0 Å². The van der Waals surface area contributed by atoms with Crippen molar-refractivity contribution in [2.45, 2.75) is 6.54 Å². The fraction of sp³-hybridized carbons (Fsp3) is 0.192. The van der Waals surface area contributed by atoms with Gasteiger partial charge in [-0.05, 0) is 29.0 Å². The molecule has 2 heterocycles. The number of para-hydroxylation sites is 1. The third kappa shape index (κ3) is 4.49. The van der Waals surface area contributed by atoms with Crippen LogP contribution in [-0.4, -0.2) is 53.8 Å². The Labute approximate surface area is 191 Å². The molecular weight excluding hydrogens is 416 g/mol. The maximum absolute atomic E-state index is 12.7. The second-order valence-electron chi connectivity index (χ2n) is 7.98. The van der Waals surface area contributed by atoms with Gasteiger partial charge in [0, 0.05) is 41.3 Å². The Morgan fingerprint density at radius 1 is 0.970 bits per heavy atom. The van der Waals surface area contributed by atoms with Crippen LogP contribution in [0.5, 0.6) is 0 Å². The molecule has 0 aliphatic carbocycles. The van der Waals surface area contributed by atoms with Crippen molar-refractivity contribution in [2.75, 3.05) is 26.3 Å². The van der Waals surface area contributed by atoms with Crippen molar-refractivity contribution in [3.63, 3.8) is 0 Å². The molecule has 0 atom stereocenters. The number of hydrazone groups is 1. The highest BCUT2D eigenvalue weighted by Gasteiger charge is 2.18. The lowest BCUT2D eigenvalue weighted by molar-refractivity contribution is -0.135. The molecule has 3 aromatic carbocycles. The van der Waals surface area contributed by atoms with Gasteiger partial charge in [0.2, 0.25) is 5.91 Å². The highest BCUT2D eigenvalue weighted by Crippen LogP contribution is 2.20. The van der Waals surface area contributed by atoms with Crippen molar-refractivity contribution in [3.8, 4) is 0 Å². The van der Waals surface area contributed by atoms with Gasteiger partial charge in [-0.3, -0.25) is 9.59 Å². The van der Waals surface area contributed by atoms with E-state index >= 15 is 0 Å². The average molecular weight is 441 g/mol. The van der Waals surface area contributed by atoms with Gasteiger partial charge in [-0.2, -0.15) is 5.10 Å². The number of rotatable bonds is 5. The molecule has 1 N–H and O–H groups in total. The zero-order valence-electron chi connectivity index (χ0n) is 18.1. The van der Waals surface area contributed by atoms with Crippen LogP contribution in [0.1, 0.15) is 15.9 Å². The molecule has 0 radical (unpaired) electrons. The van der Waals surface area contributed by atoms with Gasteiger partial charge in [-0.1, -0.05) is 48.5 Å². The molecule has 0 unspecified atom stereocenters. The van der Waals surface area contributed by atoms with Gasteiger partial charge < -0.3 is 14.2 Å². The summed E-state index contributed by atoms with van der Waals surface area (Å²) in [7, 11) is 0. The number of benzene rings is 3. The first-order chi connectivity index (χ1) is 16.2. The third-order valence-corrected chi connectivity index (χ3v) is 5.87. The van der Waals surface area contributed by atoms with Crippen LogP contribution in [-0.2, 0) is 16.1 Å². The number of nitrogens with zero attached hydrogens (tertiary/aromatic N) is 3. The van der Waals surface area contributed by atoms with Crippen molar-refractivity contribution < 1.29 is 14.3 Å². The fourth-order valence-corrected chi connectivity index (χ4v) is 4.12. The van der Waals surface area contributed by atoms with E-state index in [9.17, 15) is 9.59 Å². The Morgan fingerprint density at radius 3 is 2.58 bits per heavy atom. The van der Waals surface area contributed by atoms with Gasteiger partial charge in [-0.25, -0.2) is 5.43 Å². The van der Waals surface area contributed by atoms with E-state index < -0.39 is 0 Å². The number of hydrogen-bond acceptors (Lipinski definition) is 4. The molecule has 33 heavy (non-hydrogen) atoms. The smallest absolute Gasteiger partial charge is 0.271 e. The summed E-state index contributed by atoms with van der Waals surface area (Å²) in [4.78, 5) is 27.1. The number of carbonyl (C=O) groups is 2. The molecule has 0 saturated carbocycles. The summed E-state index contributed by atoms with van der Waals surface area (Å²) in [5, 5.41) is 7.23. The highest BCUT2D eigenvalue weighted by molar-refractivity contribution is 6.02. The molecule has 7 heteroatoms. The van der Waals surface area contributed by atoms with Crippen LogP contribution in [0.15, 0.2) is 78.0 Å². The van der Waals surface area contributed by atoms with E-state index in [1.54, 1.807) is 12.3 Å².